The van der Waals surface area contributed by atoms with Crippen molar-refractivity contribution in [1.82, 2.24) is 4.40 Å². The Kier molecular flexibility index (Phi) is 3.17. The Hall–Kier alpha value is -2.35. The molecule has 0 fully saturated rings. The molecule has 2 nitrogen and oxygen atoms in total. The molecule has 3 aromatic rings. The summed E-state index contributed by atoms with van der Waals surface area (Å²) in [4.78, 5) is 11.6. The Labute approximate surface area is 125 Å². The van der Waals surface area contributed by atoms with E-state index in [1.807, 2.05) is 16.7 Å². The molecule has 106 valence electrons. The highest BCUT2D eigenvalue weighted by atomic mass is 16.1. The highest BCUT2D eigenvalue weighted by Crippen LogP contribution is 2.32. The van der Waals surface area contributed by atoms with Gasteiger partial charge in [0.1, 0.15) is 0 Å². The summed E-state index contributed by atoms with van der Waals surface area (Å²) in [6.45, 7) is 8.40. The summed E-state index contributed by atoms with van der Waals surface area (Å²) in [6, 6.07) is 10.5. The van der Waals surface area contributed by atoms with Crippen molar-refractivity contribution in [2.24, 2.45) is 0 Å². The lowest BCUT2D eigenvalue weighted by Crippen LogP contribution is -1.94. The zero-order valence-corrected chi connectivity index (χ0v) is 12.9. The minimum absolute atomic E-state index is 0.722. The fourth-order valence-corrected chi connectivity index (χ4v) is 2.95. The molecule has 0 bridgehead atoms. The average molecular weight is 277 g/mol. The highest BCUT2D eigenvalue weighted by molar-refractivity contribution is 5.91. The van der Waals surface area contributed by atoms with Crippen molar-refractivity contribution in [1.29, 1.82) is 0 Å². The predicted octanol–water partition coefficient (Wildman–Crippen LogP) is 4.65. The molecule has 0 N–H and O–H groups in total. The molecule has 0 aliphatic heterocycles. The van der Waals surface area contributed by atoms with Crippen LogP contribution >= 0.6 is 0 Å². The first-order valence-electron chi connectivity index (χ1n) is 7.17. The number of benzene rings is 1. The maximum Gasteiger partial charge on any atom is 0.167 e. The van der Waals surface area contributed by atoms with Crippen molar-refractivity contribution < 1.29 is 4.79 Å². The van der Waals surface area contributed by atoms with Crippen LogP contribution in [0.15, 0.2) is 36.5 Å². The maximum atomic E-state index is 11.6. The first-order chi connectivity index (χ1) is 10.0. The fraction of sp³-hybridized carbons (Fsp3) is 0.211. The monoisotopic (exact) mass is 277 g/mol. The molecule has 0 aliphatic rings. The van der Waals surface area contributed by atoms with E-state index >= 15 is 0 Å². The molecular formula is C19H19NO. The van der Waals surface area contributed by atoms with Gasteiger partial charge in [0, 0.05) is 17.3 Å². The van der Waals surface area contributed by atoms with Crippen LogP contribution in [0.3, 0.4) is 0 Å². The second kappa shape index (κ2) is 4.88. The van der Waals surface area contributed by atoms with Gasteiger partial charge in [-0.25, -0.2) is 0 Å². The number of fused-ring (bicyclic) bond motifs is 1. The van der Waals surface area contributed by atoms with Gasteiger partial charge in [-0.1, -0.05) is 18.2 Å². The summed E-state index contributed by atoms with van der Waals surface area (Å²) >= 11 is 0. The van der Waals surface area contributed by atoms with Gasteiger partial charge in [-0.2, -0.15) is 0 Å². The van der Waals surface area contributed by atoms with Gasteiger partial charge in [0.05, 0.1) is 5.69 Å². The summed E-state index contributed by atoms with van der Waals surface area (Å²) in [5, 5.41) is 0. The minimum Gasteiger partial charge on any atom is -0.313 e. The highest BCUT2D eigenvalue weighted by Gasteiger charge is 2.14. The van der Waals surface area contributed by atoms with Crippen LogP contribution in [0.1, 0.15) is 32.7 Å². The molecule has 3 rings (SSSR count). The Morgan fingerprint density at radius 3 is 2.29 bits per heavy atom. The zero-order valence-electron chi connectivity index (χ0n) is 12.9. The van der Waals surface area contributed by atoms with Gasteiger partial charge in [0.25, 0.3) is 0 Å². The van der Waals surface area contributed by atoms with Crippen LogP contribution in [0.25, 0.3) is 16.6 Å². The van der Waals surface area contributed by atoms with E-state index in [-0.39, 0.29) is 0 Å². The van der Waals surface area contributed by atoms with Crippen molar-refractivity contribution in [2.45, 2.75) is 27.7 Å². The third-order valence-electron chi connectivity index (χ3n) is 4.30. The smallest absolute Gasteiger partial charge is 0.167 e. The number of hydrogen-bond acceptors (Lipinski definition) is 1. The third-order valence-corrected chi connectivity index (χ3v) is 4.30. The fourth-order valence-electron chi connectivity index (χ4n) is 2.95. The second-order valence-corrected chi connectivity index (χ2v) is 5.76. The number of pyridine rings is 1. The summed E-state index contributed by atoms with van der Waals surface area (Å²) in [5.41, 5.74) is 8.88. The van der Waals surface area contributed by atoms with Gasteiger partial charge >= 0.3 is 0 Å². The first kappa shape index (κ1) is 13.6. The van der Waals surface area contributed by atoms with Crippen LogP contribution in [0, 0.1) is 27.7 Å². The molecule has 0 aliphatic carbocycles. The van der Waals surface area contributed by atoms with Crippen LogP contribution in [0.2, 0.25) is 0 Å². The predicted molar refractivity (Wildman–Crippen MR) is 87.2 cm³/mol. The van der Waals surface area contributed by atoms with Gasteiger partial charge in [0.2, 0.25) is 0 Å². The van der Waals surface area contributed by atoms with E-state index in [1.54, 1.807) is 0 Å². The Morgan fingerprint density at radius 2 is 1.57 bits per heavy atom. The van der Waals surface area contributed by atoms with Crippen molar-refractivity contribution in [3.8, 4) is 11.1 Å². The number of hydrogen-bond donors (Lipinski definition) is 0. The SMILES string of the molecule is Cc1cc(C)c(-c2cc3c(C)cccn3c2C=O)cc1C. The number of aromatic nitrogens is 1. The minimum atomic E-state index is 0.722. The molecule has 0 unspecified atom stereocenters. The van der Waals surface area contributed by atoms with E-state index in [1.165, 1.54) is 22.3 Å². The van der Waals surface area contributed by atoms with Crippen molar-refractivity contribution in [3.05, 3.63) is 64.5 Å². The summed E-state index contributed by atoms with van der Waals surface area (Å²) in [7, 11) is 0. The van der Waals surface area contributed by atoms with Gasteiger partial charge in [-0.15, -0.1) is 0 Å². The van der Waals surface area contributed by atoms with Gasteiger partial charge < -0.3 is 4.40 Å². The lowest BCUT2D eigenvalue weighted by molar-refractivity contribution is 0.111. The molecule has 2 aromatic heterocycles. The Morgan fingerprint density at radius 1 is 0.857 bits per heavy atom. The molecule has 1 aromatic carbocycles. The van der Waals surface area contributed by atoms with Crippen LogP contribution < -0.4 is 0 Å². The summed E-state index contributed by atoms with van der Waals surface area (Å²) < 4.78 is 1.98. The lowest BCUT2D eigenvalue weighted by atomic mass is 9.95. The van der Waals surface area contributed by atoms with Crippen molar-refractivity contribution in [3.63, 3.8) is 0 Å². The Balaban J connectivity index is 2.38. The molecule has 0 saturated carbocycles. The molecule has 0 spiro atoms. The van der Waals surface area contributed by atoms with Crippen LogP contribution in [0.5, 0.6) is 0 Å². The zero-order chi connectivity index (χ0) is 15.1. The maximum absolute atomic E-state index is 11.6. The third kappa shape index (κ3) is 2.07. The molecule has 0 amide bonds. The van der Waals surface area contributed by atoms with Crippen LogP contribution in [-0.4, -0.2) is 10.7 Å². The van der Waals surface area contributed by atoms with Crippen LogP contribution in [0.4, 0.5) is 0 Å². The topological polar surface area (TPSA) is 21.5 Å². The Bertz CT molecular complexity index is 856. The molecular weight excluding hydrogens is 258 g/mol. The molecule has 21 heavy (non-hydrogen) atoms. The van der Waals surface area contributed by atoms with Gasteiger partial charge in [0.15, 0.2) is 6.29 Å². The second-order valence-electron chi connectivity index (χ2n) is 5.76. The quantitative estimate of drug-likeness (QED) is 0.625. The van der Waals surface area contributed by atoms with E-state index in [2.05, 4.69) is 52.0 Å². The molecule has 0 atom stereocenters. The van der Waals surface area contributed by atoms with E-state index in [0.717, 1.165) is 28.6 Å². The number of aldehydes is 1. The normalized spacial score (nSPS) is 11.0. The number of nitrogens with zero attached hydrogens (tertiary/aromatic N) is 1. The molecule has 0 radical (unpaired) electrons. The van der Waals surface area contributed by atoms with Crippen molar-refractivity contribution in [2.75, 3.05) is 0 Å². The lowest BCUT2D eigenvalue weighted by Gasteiger charge is -2.09. The summed E-state index contributed by atoms with van der Waals surface area (Å²) in [5.74, 6) is 0. The standard InChI is InChI=1S/C19H19NO/c1-12-6-5-7-20-18(12)10-17(19(20)11-21)16-9-14(3)13(2)8-15(16)4/h5-11H,1-4H3. The van der Waals surface area contributed by atoms with Crippen molar-refractivity contribution >= 4 is 11.8 Å². The van der Waals surface area contributed by atoms with Crippen LogP contribution in [-0.2, 0) is 0 Å². The number of aryl methyl sites for hydroxylation is 4. The van der Waals surface area contributed by atoms with E-state index in [4.69, 9.17) is 0 Å². The van der Waals surface area contributed by atoms with Gasteiger partial charge in [-0.3, -0.25) is 4.79 Å². The molecule has 2 heterocycles. The van der Waals surface area contributed by atoms with E-state index < -0.39 is 0 Å². The summed E-state index contributed by atoms with van der Waals surface area (Å²) in [6.07, 6.45) is 2.91. The molecule has 0 saturated heterocycles. The average Bonchev–Trinajstić information content (AvgIpc) is 2.82. The largest absolute Gasteiger partial charge is 0.313 e. The van der Waals surface area contributed by atoms with E-state index in [9.17, 15) is 4.79 Å². The molecule has 2 heteroatoms. The number of rotatable bonds is 2. The number of carbonyl (C=O) groups is 1. The first-order valence-corrected chi connectivity index (χ1v) is 7.17. The van der Waals surface area contributed by atoms with E-state index in [0.29, 0.717) is 0 Å². The number of carbonyl (C=O) groups excluding carboxylic acids is 1. The van der Waals surface area contributed by atoms with Gasteiger partial charge in [-0.05, 0) is 67.6 Å².